The van der Waals surface area contributed by atoms with Crippen LogP contribution in [0.4, 0.5) is 4.39 Å². The average Bonchev–Trinajstić information content (AvgIpc) is 2.55. The van der Waals surface area contributed by atoms with Crippen molar-refractivity contribution in [2.75, 3.05) is 26.2 Å². The third-order valence-corrected chi connectivity index (χ3v) is 4.13. The molecule has 0 unspecified atom stereocenters. The molecule has 6 heteroatoms. The summed E-state index contributed by atoms with van der Waals surface area (Å²) in [6.07, 6.45) is 1.53. The van der Waals surface area contributed by atoms with Gasteiger partial charge >= 0.3 is 5.97 Å². The molecule has 1 aliphatic heterocycles. The highest BCUT2D eigenvalue weighted by Crippen LogP contribution is 2.11. The van der Waals surface area contributed by atoms with Crippen LogP contribution in [0, 0.1) is 11.7 Å². The van der Waals surface area contributed by atoms with E-state index in [2.05, 4.69) is 5.32 Å². The van der Waals surface area contributed by atoms with E-state index in [1.807, 2.05) is 6.92 Å². The molecule has 0 aromatic heterocycles. The molecule has 1 fully saturated rings. The van der Waals surface area contributed by atoms with Gasteiger partial charge in [0, 0.05) is 19.4 Å². The molecule has 0 aliphatic carbocycles. The van der Waals surface area contributed by atoms with Gasteiger partial charge in [-0.1, -0.05) is 12.1 Å². The fraction of sp³-hybridized carbons (Fsp3) is 0.529. The van der Waals surface area contributed by atoms with Crippen molar-refractivity contribution in [3.63, 3.8) is 0 Å². The normalized spacial score (nSPS) is 20.8. The maximum Gasteiger partial charge on any atom is 0.309 e. The minimum atomic E-state index is -0.283. The van der Waals surface area contributed by atoms with Crippen LogP contribution in [0.5, 0.6) is 0 Å². The molecule has 2 rings (SSSR count). The first kappa shape index (κ1) is 17.4. The second-order valence-corrected chi connectivity index (χ2v) is 5.86. The third-order valence-electron chi connectivity index (χ3n) is 4.13. The summed E-state index contributed by atoms with van der Waals surface area (Å²) in [5.74, 6) is -0.457. The molecule has 1 heterocycles. The van der Waals surface area contributed by atoms with Gasteiger partial charge in [0.25, 0.3) is 5.91 Å². The molecule has 23 heavy (non-hydrogen) atoms. The van der Waals surface area contributed by atoms with E-state index in [1.54, 1.807) is 12.1 Å². The number of benzene rings is 1. The molecule has 1 saturated heterocycles. The van der Waals surface area contributed by atoms with Gasteiger partial charge in [-0.3, -0.25) is 9.59 Å². The summed E-state index contributed by atoms with van der Waals surface area (Å²) < 4.78 is 17.8. The number of esters is 1. The fourth-order valence-corrected chi connectivity index (χ4v) is 2.79. The summed E-state index contributed by atoms with van der Waals surface area (Å²) in [6, 6.07) is 6.08. The van der Waals surface area contributed by atoms with Gasteiger partial charge in [-0.25, -0.2) is 4.39 Å². The van der Waals surface area contributed by atoms with Crippen molar-refractivity contribution < 1.29 is 23.6 Å². The van der Waals surface area contributed by atoms with E-state index in [0.717, 1.165) is 31.5 Å². The molecule has 0 saturated carbocycles. The fourth-order valence-electron chi connectivity index (χ4n) is 2.79. The number of likely N-dealkylation sites (tertiary alicyclic amines) is 1. The monoisotopic (exact) mass is 323 g/mol. The number of carbonyl (C=O) groups is 2. The van der Waals surface area contributed by atoms with E-state index in [0.29, 0.717) is 19.7 Å². The standard InChI is InChI=1S/C17H23FN2O3/c1-2-23-17(22)14-7-9-20(10-8-14)12-16(21)19-11-13-3-5-15(18)6-4-13/h3-6,14H,2,7-12H2,1H3,(H,19,21)/p+1. The minimum absolute atomic E-state index is 0.0269. The first-order valence-electron chi connectivity index (χ1n) is 8.09. The van der Waals surface area contributed by atoms with Gasteiger partial charge in [0.05, 0.1) is 25.6 Å². The van der Waals surface area contributed by atoms with Crippen molar-refractivity contribution in [1.82, 2.24) is 5.32 Å². The number of quaternary nitrogens is 1. The molecule has 2 N–H and O–H groups in total. The number of rotatable bonds is 6. The lowest BCUT2D eigenvalue weighted by Crippen LogP contribution is -3.14. The molecule has 0 radical (unpaired) electrons. The first-order valence-corrected chi connectivity index (χ1v) is 8.09. The predicted octanol–water partition coefficient (Wildman–Crippen LogP) is 0.300. The molecule has 1 aromatic rings. The van der Waals surface area contributed by atoms with Gasteiger partial charge in [-0.2, -0.15) is 0 Å². The highest BCUT2D eigenvalue weighted by atomic mass is 19.1. The topological polar surface area (TPSA) is 59.8 Å². The second kappa shape index (κ2) is 8.62. The Morgan fingerprint density at radius 3 is 2.52 bits per heavy atom. The summed E-state index contributed by atoms with van der Waals surface area (Å²) in [6.45, 7) is 4.62. The van der Waals surface area contributed by atoms with Crippen LogP contribution in [-0.2, 0) is 20.9 Å². The van der Waals surface area contributed by atoms with Crippen LogP contribution < -0.4 is 10.2 Å². The van der Waals surface area contributed by atoms with Gasteiger partial charge < -0.3 is 15.0 Å². The molecule has 0 atom stereocenters. The summed E-state index contributed by atoms with van der Waals surface area (Å²) in [4.78, 5) is 24.8. The van der Waals surface area contributed by atoms with Crippen LogP contribution in [0.25, 0.3) is 0 Å². The summed E-state index contributed by atoms with van der Waals surface area (Å²) in [5, 5.41) is 2.85. The van der Waals surface area contributed by atoms with Crippen LogP contribution >= 0.6 is 0 Å². The van der Waals surface area contributed by atoms with Crippen molar-refractivity contribution in [2.24, 2.45) is 5.92 Å². The lowest BCUT2D eigenvalue weighted by Gasteiger charge is -2.27. The van der Waals surface area contributed by atoms with E-state index in [9.17, 15) is 14.0 Å². The summed E-state index contributed by atoms with van der Waals surface area (Å²) in [7, 11) is 0. The van der Waals surface area contributed by atoms with Gasteiger partial charge in [0.15, 0.2) is 6.54 Å². The van der Waals surface area contributed by atoms with Gasteiger partial charge in [0.1, 0.15) is 5.82 Å². The van der Waals surface area contributed by atoms with Crippen molar-refractivity contribution >= 4 is 11.9 Å². The Morgan fingerprint density at radius 2 is 1.91 bits per heavy atom. The highest BCUT2D eigenvalue weighted by molar-refractivity contribution is 5.76. The van der Waals surface area contributed by atoms with E-state index in [4.69, 9.17) is 4.74 Å². The van der Waals surface area contributed by atoms with E-state index in [1.165, 1.54) is 17.0 Å². The maximum atomic E-state index is 12.8. The Bertz CT molecular complexity index is 525. The zero-order valence-corrected chi connectivity index (χ0v) is 13.4. The number of piperidine rings is 1. The molecular formula is C17H24FN2O3+. The molecule has 1 amide bonds. The SMILES string of the molecule is CCOC(=O)C1CC[NH+](CC(=O)NCc2ccc(F)cc2)CC1. The lowest BCUT2D eigenvalue weighted by atomic mass is 9.97. The van der Waals surface area contributed by atoms with Gasteiger partial charge in [-0.05, 0) is 24.6 Å². The average molecular weight is 323 g/mol. The maximum absolute atomic E-state index is 12.8. The number of nitrogens with one attached hydrogen (secondary N) is 2. The molecule has 126 valence electrons. The second-order valence-electron chi connectivity index (χ2n) is 5.86. The van der Waals surface area contributed by atoms with Crippen molar-refractivity contribution in [2.45, 2.75) is 26.3 Å². The number of hydrogen-bond acceptors (Lipinski definition) is 3. The lowest BCUT2D eigenvalue weighted by molar-refractivity contribution is -0.897. The van der Waals surface area contributed by atoms with Gasteiger partial charge in [0.2, 0.25) is 0 Å². The molecule has 5 nitrogen and oxygen atoms in total. The number of hydrogen-bond donors (Lipinski definition) is 2. The van der Waals surface area contributed by atoms with Crippen LogP contribution in [0.1, 0.15) is 25.3 Å². The van der Waals surface area contributed by atoms with Crippen LogP contribution in [-0.4, -0.2) is 38.1 Å². The minimum Gasteiger partial charge on any atom is -0.466 e. The zero-order valence-electron chi connectivity index (χ0n) is 13.4. The number of halogens is 1. The largest absolute Gasteiger partial charge is 0.466 e. The number of amides is 1. The molecule has 1 aromatic carbocycles. The van der Waals surface area contributed by atoms with E-state index in [-0.39, 0.29) is 23.6 Å². The Labute approximate surface area is 135 Å². The Hall–Kier alpha value is -1.95. The van der Waals surface area contributed by atoms with Crippen LogP contribution in [0.3, 0.4) is 0 Å². The Balaban J connectivity index is 1.68. The Morgan fingerprint density at radius 1 is 1.26 bits per heavy atom. The Kier molecular flexibility index (Phi) is 6.52. The highest BCUT2D eigenvalue weighted by Gasteiger charge is 2.29. The van der Waals surface area contributed by atoms with E-state index < -0.39 is 0 Å². The zero-order chi connectivity index (χ0) is 16.7. The molecular weight excluding hydrogens is 299 g/mol. The van der Waals surface area contributed by atoms with Gasteiger partial charge in [-0.15, -0.1) is 0 Å². The molecule has 0 bridgehead atoms. The first-order chi connectivity index (χ1) is 11.1. The van der Waals surface area contributed by atoms with Crippen LogP contribution in [0.2, 0.25) is 0 Å². The third kappa shape index (κ3) is 5.63. The summed E-state index contributed by atoms with van der Waals surface area (Å²) in [5.41, 5.74) is 0.871. The van der Waals surface area contributed by atoms with E-state index >= 15 is 0 Å². The van der Waals surface area contributed by atoms with Crippen molar-refractivity contribution in [3.05, 3.63) is 35.6 Å². The number of carbonyl (C=O) groups excluding carboxylic acids is 2. The quantitative estimate of drug-likeness (QED) is 0.740. The number of ether oxygens (including phenoxy) is 1. The molecule has 1 aliphatic rings. The van der Waals surface area contributed by atoms with Crippen molar-refractivity contribution in [3.8, 4) is 0 Å². The molecule has 0 spiro atoms. The van der Waals surface area contributed by atoms with Crippen LogP contribution in [0.15, 0.2) is 24.3 Å². The smallest absolute Gasteiger partial charge is 0.309 e. The predicted molar refractivity (Wildman–Crippen MR) is 83.2 cm³/mol. The van der Waals surface area contributed by atoms with Crippen molar-refractivity contribution in [1.29, 1.82) is 0 Å². The summed E-state index contributed by atoms with van der Waals surface area (Å²) >= 11 is 0.